The summed E-state index contributed by atoms with van der Waals surface area (Å²) >= 11 is 0. The molecule has 0 spiro atoms. The number of pyridine rings is 1. The summed E-state index contributed by atoms with van der Waals surface area (Å²) in [5.74, 6) is 0. The smallest absolute Gasteiger partial charge is 0.0270 e. The van der Waals surface area contributed by atoms with E-state index in [0.717, 1.165) is 19.4 Å². The van der Waals surface area contributed by atoms with Crippen LogP contribution in [0.25, 0.3) is 0 Å². The van der Waals surface area contributed by atoms with Crippen LogP contribution in [0.1, 0.15) is 18.9 Å². The molecule has 0 amide bonds. The number of hydrogen-bond acceptors (Lipinski definition) is 2. The third-order valence-corrected chi connectivity index (χ3v) is 2.12. The molecule has 0 saturated heterocycles. The number of nitrogens with zero attached hydrogens (tertiary/aromatic N) is 1. The molecule has 14 heavy (non-hydrogen) atoms. The molecule has 0 aliphatic heterocycles. The molecule has 0 unspecified atom stereocenters. The first-order valence-electron chi connectivity index (χ1n) is 5.02. The summed E-state index contributed by atoms with van der Waals surface area (Å²) in [4.78, 5) is 4.00. The number of aromatic nitrogens is 1. The summed E-state index contributed by atoms with van der Waals surface area (Å²) in [6.45, 7) is 3.23. The maximum absolute atomic E-state index is 4.00. The fourth-order valence-corrected chi connectivity index (χ4v) is 1.36. The van der Waals surface area contributed by atoms with E-state index in [-0.39, 0.29) is 0 Å². The van der Waals surface area contributed by atoms with E-state index in [4.69, 9.17) is 0 Å². The van der Waals surface area contributed by atoms with Crippen LogP contribution in [0.2, 0.25) is 0 Å². The highest BCUT2D eigenvalue weighted by Crippen LogP contribution is 2.06. The Morgan fingerprint density at radius 1 is 1.43 bits per heavy atom. The normalized spacial score (nSPS) is 11.7. The summed E-state index contributed by atoms with van der Waals surface area (Å²) in [6.07, 6.45) is 8.11. The lowest BCUT2D eigenvalue weighted by molar-refractivity contribution is 0.802. The minimum atomic E-state index is 1.03. The van der Waals surface area contributed by atoms with Crippen LogP contribution >= 0.6 is 0 Å². The van der Waals surface area contributed by atoms with Gasteiger partial charge >= 0.3 is 0 Å². The molecule has 0 atom stereocenters. The third-order valence-electron chi connectivity index (χ3n) is 2.12. The SMILES string of the molecule is CNCCC=C(C)Cc1ccncc1. The second-order valence-corrected chi connectivity index (χ2v) is 3.47. The van der Waals surface area contributed by atoms with Gasteiger partial charge in [-0.3, -0.25) is 4.98 Å². The molecular weight excluding hydrogens is 172 g/mol. The number of rotatable bonds is 5. The van der Waals surface area contributed by atoms with Crippen LogP contribution < -0.4 is 5.32 Å². The summed E-state index contributed by atoms with van der Waals surface area (Å²) in [7, 11) is 1.98. The zero-order chi connectivity index (χ0) is 10.2. The van der Waals surface area contributed by atoms with Gasteiger partial charge in [-0.1, -0.05) is 11.6 Å². The maximum Gasteiger partial charge on any atom is 0.0270 e. The monoisotopic (exact) mass is 190 g/mol. The van der Waals surface area contributed by atoms with Crippen LogP contribution in [0.3, 0.4) is 0 Å². The van der Waals surface area contributed by atoms with Gasteiger partial charge in [0.25, 0.3) is 0 Å². The lowest BCUT2D eigenvalue weighted by Gasteiger charge is -2.01. The van der Waals surface area contributed by atoms with Crippen molar-refractivity contribution >= 4 is 0 Å². The largest absolute Gasteiger partial charge is 0.319 e. The Labute approximate surface area is 86.1 Å². The second kappa shape index (κ2) is 6.33. The number of hydrogen-bond donors (Lipinski definition) is 1. The zero-order valence-electron chi connectivity index (χ0n) is 8.96. The molecule has 2 nitrogen and oxygen atoms in total. The molecule has 0 aliphatic rings. The second-order valence-electron chi connectivity index (χ2n) is 3.47. The van der Waals surface area contributed by atoms with Crippen molar-refractivity contribution in [3.8, 4) is 0 Å². The van der Waals surface area contributed by atoms with Crippen molar-refractivity contribution in [2.45, 2.75) is 19.8 Å². The van der Waals surface area contributed by atoms with Crippen molar-refractivity contribution in [1.29, 1.82) is 0 Å². The predicted molar refractivity (Wildman–Crippen MR) is 60.2 cm³/mol. The highest BCUT2D eigenvalue weighted by Gasteiger charge is 1.92. The van der Waals surface area contributed by atoms with E-state index < -0.39 is 0 Å². The molecule has 0 aromatic carbocycles. The highest BCUT2D eigenvalue weighted by molar-refractivity contribution is 5.17. The van der Waals surface area contributed by atoms with Gasteiger partial charge in [0.1, 0.15) is 0 Å². The molecule has 1 rings (SSSR count). The Kier molecular flexibility index (Phi) is 4.94. The van der Waals surface area contributed by atoms with Gasteiger partial charge in [0.15, 0.2) is 0 Å². The topological polar surface area (TPSA) is 24.9 Å². The van der Waals surface area contributed by atoms with E-state index in [2.05, 4.69) is 35.4 Å². The molecular formula is C12H18N2. The minimum Gasteiger partial charge on any atom is -0.319 e. The Hall–Kier alpha value is -1.15. The average molecular weight is 190 g/mol. The van der Waals surface area contributed by atoms with Crippen LogP contribution in [0, 0.1) is 0 Å². The van der Waals surface area contributed by atoms with Crippen molar-refractivity contribution in [3.05, 3.63) is 41.7 Å². The fraction of sp³-hybridized carbons (Fsp3) is 0.417. The molecule has 2 heteroatoms. The van der Waals surface area contributed by atoms with E-state index in [1.54, 1.807) is 0 Å². The molecule has 1 heterocycles. The maximum atomic E-state index is 4.00. The summed E-state index contributed by atoms with van der Waals surface area (Å²) < 4.78 is 0. The highest BCUT2D eigenvalue weighted by atomic mass is 14.8. The standard InChI is InChI=1S/C12H18N2/c1-11(4-3-7-13-2)10-12-5-8-14-9-6-12/h4-6,8-9,13H,3,7,10H2,1-2H3. The van der Waals surface area contributed by atoms with Gasteiger partial charge in [-0.2, -0.15) is 0 Å². The first kappa shape index (κ1) is 10.9. The number of nitrogens with one attached hydrogen (secondary N) is 1. The van der Waals surface area contributed by atoms with E-state index in [1.807, 2.05) is 19.4 Å². The van der Waals surface area contributed by atoms with E-state index in [0.29, 0.717) is 0 Å². The van der Waals surface area contributed by atoms with Gasteiger partial charge in [0.05, 0.1) is 0 Å². The van der Waals surface area contributed by atoms with Crippen LogP contribution in [-0.4, -0.2) is 18.6 Å². The predicted octanol–water partition coefficient (Wildman–Crippen LogP) is 2.18. The average Bonchev–Trinajstić information content (AvgIpc) is 2.20. The fourth-order valence-electron chi connectivity index (χ4n) is 1.36. The molecule has 0 bridgehead atoms. The number of allylic oxidation sites excluding steroid dienone is 1. The molecule has 0 radical (unpaired) electrons. The van der Waals surface area contributed by atoms with E-state index >= 15 is 0 Å². The summed E-state index contributed by atoms with van der Waals surface area (Å²) in [6, 6.07) is 4.13. The van der Waals surface area contributed by atoms with Gasteiger partial charge in [0.2, 0.25) is 0 Å². The Balaban J connectivity index is 2.40. The summed E-state index contributed by atoms with van der Waals surface area (Å²) in [5, 5.41) is 3.13. The van der Waals surface area contributed by atoms with Gasteiger partial charge < -0.3 is 5.32 Å². The molecule has 76 valence electrons. The first-order chi connectivity index (χ1) is 6.83. The molecule has 1 N–H and O–H groups in total. The van der Waals surface area contributed by atoms with Crippen molar-refractivity contribution in [3.63, 3.8) is 0 Å². The van der Waals surface area contributed by atoms with Gasteiger partial charge in [-0.15, -0.1) is 0 Å². The van der Waals surface area contributed by atoms with Gasteiger partial charge in [-0.05, 0) is 51.1 Å². The molecule has 1 aromatic heterocycles. The molecule has 0 saturated carbocycles. The van der Waals surface area contributed by atoms with Crippen molar-refractivity contribution in [2.24, 2.45) is 0 Å². The molecule has 0 fully saturated rings. The Morgan fingerprint density at radius 3 is 2.79 bits per heavy atom. The van der Waals surface area contributed by atoms with Gasteiger partial charge in [-0.25, -0.2) is 0 Å². The van der Waals surface area contributed by atoms with E-state index in [1.165, 1.54) is 11.1 Å². The minimum absolute atomic E-state index is 1.03. The molecule has 1 aromatic rings. The Morgan fingerprint density at radius 2 is 2.14 bits per heavy atom. The van der Waals surface area contributed by atoms with Crippen molar-refractivity contribution < 1.29 is 0 Å². The zero-order valence-corrected chi connectivity index (χ0v) is 8.96. The van der Waals surface area contributed by atoms with Crippen LogP contribution in [-0.2, 0) is 6.42 Å². The van der Waals surface area contributed by atoms with Crippen molar-refractivity contribution in [2.75, 3.05) is 13.6 Å². The lowest BCUT2D eigenvalue weighted by Crippen LogP contribution is -2.06. The Bertz CT molecular complexity index is 278. The van der Waals surface area contributed by atoms with Crippen LogP contribution in [0.4, 0.5) is 0 Å². The van der Waals surface area contributed by atoms with Crippen LogP contribution in [0.15, 0.2) is 36.2 Å². The lowest BCUT2D eigenvalue weighted by atomic mass is 10.1. The van der Waals surface area contributed by atoms with Crippen LogP contribution in [0.5, 0.6) is 0 Å². The molecule has 0 aliphatic carbocycles. The van der Waals surface area contributed by atoms with Gasteiger partial charge in [0, 0.05) is 12.4 Å². The summed E-state index contributed by atoms with van der Waals surface area (Å²) in [5.41, 5.74) is 2.75. The first-order valence-corrected chi connectivity index (χ1v) is 5.02. The quantitative estimate of drug-likeness (QED) is 0.568. The third kappa shape index (κ3) is 4.19. The van der Waals surface area contributed by atoms with E-state index in [9.17, 15) is 0 Å². The van der Waals surface area contributed by atoms with Crippen molar-refractivity contribution in [1.82, 2.24) is 10.3 Å².